The van der Waals surface area contributed by atoms with Crippen LogP contribution < -0.4 is 5.32 Å². The van der Waals surface area contributed by atoms with Gasteiger partial charge in [0.1, 0.15) is 12.0 Å². The standard InChI is InChI=1S/C12H16N2O4/c1-2-3-10(16)7-13-11-5-4-9(8-15)6-12(11)14(17)18/h4-6,8,10,13,16H,2-3,7H2,1H3. The zero-order valence-electron chi connectivity index (χ0n) is 10.1. The number of nitrogens with one attached hydrogen (secondary N) is 1. The maximum Gasteiger partial charge on any atom is 0.293 e. The van der Waals surface area contributed by atoms with E-state index in [0.29, 0.717) is 18.4 Å². The summed E-state index contributed by atoms with van der Waals surface area (Å²) in [6.45, 7) is 2.19. The maximum absolute atomic E-state index is 10.8. The summed E-state index contributed by atoms with van der Waals surface area (Å²) < 4.78 is 0. The monoisotopic (exact) mass is 252 g/mol. The second kappa shape index (κ2) is 6.70. The molecule has 0 amide bonds. The van der Waals surface area contributed by atoms with Crippen molar-refractivity contribution in [2.45, 2.75) is 25.9 Å². The molecule has 0 spiro atoms. The molecule has 0 aliphatic heterocycles. The van der Waals surface area contributed by atoms with Crippen LogP contribution in [0.25, 0.3) is 0 Å². The van der Waals surface area contributed by atoms with Gasteiger partial charge in [-0.25, -0.2) is 0 Å². The van der Waals surface area contributed by atoms with Crippen LogP contribution in [0.2, 0.25) is 0 Å². The number of hydrogen-bond acceptors (Lipinski definition) is 5. The van der Waals surface area contributed by atoms with Gasteiger partial charge in [0, 0.05) is 18.2 Å². The predicted octanol–water partition coefficient (Wildman–Crippen LogP) is 1.98. The molecule has 0 heterocycles. The maximum atomic E-state index is 10.8. The lowest BCUT2D eigenvalue weighted by atomic mass is 10.1. The molecule has 1 aromatic rings. The number of nitrogens with zero attached hydrogens (tertiary/aromatic N) is 1. The van der Waals surface area contributed by atoms with Crippen molar-refractivity contribution in [2.75, 3.05) is 11.9 Å². The Kier molecular flexibility index (Phi) is 5.26. The van der Waals surface area contributed by atoms with Gasteiger partial charge in [0.2, 0.25) is 0 Å². The van der Waals surface area contributed by atoms with Crippen LogP contribution in [0.4, 0.5) is 11.4 Å². The van der Waals surface area contributed by atoms with Crippen LogP contribution >= 0.6 is 0 Å². The van der Waals surface area contributed by atoms with Crippen LogP contribution in [0.3, 0.4) is 0 Å². The number of anilines is 1. The average molecular weight is 252 g/mol. The van der Waals surface area contributed by atoms with E-state index >= 15 is 0 Å². The van der Waals surface area contributed by atoms with Crippen LogP contribution in [0, 0.1) is 10.1 Å². The van der Waals surface area contributed by atoms with Gasteiger partial charge in [0.25, 0.3) is 5.69 Å². The highest BCUT2D eigenvalue weighted by Gasteiger charge is 2.15. The lowest BCUT2D eigenvalue weighted by molar-refractivity contribution is -0.384. The first-order valence-electron chi connectivity index (χ1n) is 5.74. The molecule has 1 aromatic carbocycles. The first-order chi connectivity index (χ1) is 8.58. The summed E-state index contributed by atoms with van der Waals surface area (Å²) in [4.78, 5) is 20.9. The third-order valence-corrected chi connectivity index (χ3v) is 2.50. The minimum atomic E-state index is -0.554. The molecule has 0 aliphatic carbocycles. The molecule has 1 rings (SSSR count). The fourth-order valence-electron chi connectivity index (χ4n) is 1.59. The molecular formula is C12H16N2O4. The zero-order valence-corrected chi connectivity index (χ0v) is 10.1. The molecule has 1 unspecified atom stereocenters. The first kappa shape index (κ1) is 14.1. The summed E-state index contributed by atoms with van der Waals surface area (Å²) in [5, 5.41) is 23.2. The molecule has 6 heteroatoms. The van der Waals surface area contributed by atoms with Gasteiger partial charge in [0.05, 0.1) is 11.0 Å². The van der Waals surface area contributed by atoms with E-state index in [4.69, 9.17) is 0 Å². The molecule has 0 saturated heterocycles. The second-order valence-electron chi connectivity index (χ2n) is 3.97. The molecule has 0 bridgehead atoms. The average Bonchev–Trinajstić information content (AvgIpc) is 2.36. The van der Waals surface area contributed by atoms with Crippen LogP contribution in [-0.2, 0) is 0 Å². The third kappa shape index (κ3) is 3.81. The van der Waals surface area contributed by atoms with Crippen LogP contribution in [-0.4, -0.2) is 29.0 Å². The Labute approximate surface area is 105 Å². The smallest absolute Gasteiger partial charge is 0.293 e. The molecule has 6 nitrogen and oxygen atoms in total. The number of aliphatic hydroxyl groups is 1. The molecule has 18 heavy (non-hydrogen) atoms. The van der Waals surface area contributed by atoms with Gasteiger partial charge in [-0.05, 0) is 18.6 Å². The third-order valence-electron chi connectivity index (χ3n) is 2.50. The Morgan fingerprint density at radius 3 is 2.83 bits per heavy atom. The Morgan fingerprint density at radius 2 is 2.28 bits per heavy atom. The fourth-order valence-corrected chi connectivity index (χ4v) is 1.59. The Bertz CT molecular complexity index is 434. The van der Waals surface area contributed by atoms with Gasteiger partial charge >= 0.3 is 0 Å². The number of rotatable bonds is 7. The van der Waals surface area contributed by atoms with Crippen molar-refractivity contribution in [3.05, 3.63) is 33.9 Å². The van der Waals surface area contributed by atoms with Crippen molar-refractivity contribution in [2.24, 2.45) is 0 Å². The number of nitro groups is 1. The number of aldehydes is 1. The van der Waals surface area contributed by atoms with E-state index in [0.717, 1.165) is 6.42 Å². The van der Waals surface area contributed by atoms with E-state index < -0.39 is 11.0 Å². The lowest BCUT2D eigenvalue weighted by Gasteiger charge is -2.12. The van der Waals surface area contributed by atoms with Gasteiger partial charge < -0.3 is 10.4 Å². The highest BCUT2D eigenvalue weighted by Crippen LogP contribution is 2.25. The normalized spacial score (nSPS) is 11.9. The van der Waals surface area contributed by atoms with Crippen LogP contribution in [0.1, 0.15) is 30.1 Å². The molecule has 0 fully saturated rings. The summed E-state index contributed by atoms with van der Waals surface area (Å²) in [7, 11) is 0. The number of hydrogen-bond donors (Lipinski definition) is 2. The highest BCUT2D eigenvalue weighted by molar-refractivity contribution is 5.79. The predicted molar refractivity (Wildman–Crippen MR) is 67.9 cm³/mol. The first-order valence-corrected chi connectivity index (χ1v) is 5.74. The Balaban J connectivity index is 2.81. The second-order valence-corrected chi connectivity index (χ2v) is 3.97. The Morgan fingerprint density at radius 1 is 1.56 bits per heavy atom. The quantitative estimate of drug-likeness (QED) is 0.439. The molecule has 0 aliphatic rings. The van der Waals surface area contributed by atoms with E-state index in [1.54, 1.807) is 0 Å². The number of carbonyl (C=O) groups is 1. The zero-order chi connectivity index (χ0) is 13.5. The summed E-state index contributed by atoms with van der Waals surface area (Å²) in [6.07, 6.45) is 1.49. The van der Waals surface area contributed by atoms with Crippen molar-refractivity contribution < 1.29 is 14.8 Å². The summed E-state index contributed by atoms with van der Waals surface area (Å²) >= 11 is 0. The minimum absolute atomic E-state index is 0.164. The van der Waals surface area contributed by atoms with E-state index in [-0.39, 0.29) is 17.8 Å². The van der Waals surface area contributed by atoms with E-state index in [2.05, 4.69) is 5.32 Å². The van der Waals surface area contributed by atoms with Gasteiger partial charge in [0.15, 0.2) is 0 Å². The molecule has 0 saturated carbocycles. The van der Waals surface area contributed by atoms with Gasteiger partial charge in [-0.2, -0.15) is 0 Å². The van der Waals surface area contributed by atoms with E-state index in [9.17, 15) is 20.0 Å². The van der Waals surface area contributed by atoms with Crippen molar-refractivity contribution in [3.8, 4) is 0 Å². The van der Waals surface area contributed by atoms with Gasteiger partial charge in [-0.3, -0.25) is 14.9 Å². The van der Waals surface area contributed by atoms with Crippen molar-refractivity contribution >= 4 is 17.7 Å². The molecule has 0 radical (unpaired) electrons. The topological polar surface area (TPSA) is 92.5 Å². The fraction of sp³-hybridized carbons (Fsp3) is 0.417. The molecule has 98 valence electrons. The number of aliphatic hydroxyl groups excluding tert-OH is 1. The number of benzene rings is 1. The molecular weight excluding hydrogens is 236 g/mol. The van der Waals surface area contributed by atoms with E-state index in [1.165, 1.54) is 18.2 Å². The Hall–Kier alpha value is -1.95. The number of nitro benzene ring substituents is 1. The molecule has 0 aromatic heterocycles. The van der Waals surface area contributed by atoms with Crippen LogP contribution in [0.15, 0.2) is 18.2 Å². The summed E-state index contributed by atoms with van der Waals surface area (Å²) in [6, 6.07) is 4.18. The highest BCUT2D eigenvalue weighted by atomic mass is 16.6. The minimum Gasteiger partial charge on any atom is -0.391 e. The van der Waals surface area contributed by atoms with Crippen molar-refractivity contribution in [1.82, 2.24) is 0 Å². The van der Waals surface area contributed by atoms with E-state index in [1.807, 2.05) is 6.92 Å². The lowest BCUT2D eigenvalue weighted by Crippen LogP contribution is -2.19. The SMILES string of the molecule is CCCC(O)CNc1ccc(C=O)cc1[N+](=O)[O-]. The largest absolute Gasteiger partial charge is 0.391 e. The number of carbonyl (C=O) groups excluding carboxylic acids is 1. The summed E-state index contributed by atoms with van der Waals surface area (Å²) in [5.74, 6) is 0. The molecule has 1 atom stereocenters. The van der Waals surface area contributed by atoms with Crippen molar-refractivity contribution in [3.63, 3.8) is 0 Å². The molecule has 2 N–H and O–H groups in total. The van der Waals surface area contributed by atoms with Gasteiger partial charge in [-0.15, -0.1) is 0 Å². The van der Waals surface area contributed by atoms with Crippen molar-refractivity contribution in [1.29, 1.82) is 0 Å². The van der Waals surface area contributed by atoms with Gasteiger partial charge in [-0.1, -0.05) is 13.3 Å². The van der Waals surface area contributed by atoms with Crippen LogP contribution in [0.5, 0.6) is 0 Å². The summed E-state index contributed by atoms with van der Waals surface area (Å²) in [5.41, 5.74) is 0.394.